The van der Waals surface area contributed by atoms with E-state index in [0.717, 1.165) is 4.47 Å². The van der Waals surface area contributed by atoms with Crippen molar-refractivity contribution in [2.75, 3.05) is 14.1 Å². The van der Waals surface area contributed by atoms with Crippen molar-refractivity contribution in [3.05, 3.63) is 28.5 Å². The number of amides is 1. The lowest BCUT2D eigenvalue weighted by atomic mass is 10.2. The van der Waals surface area contributed by atoms with Crippen LogP contribution in [-0.2, 0) is 0 Å². The Bertz CT molecular complexity index is 299. The van der Waals surface area contributed by atoms with Crippen molar-refractivity contribution in [3.63, 3.8) is 0 Å². The van der Waals surface area contributed by atoms with Gasteiger partial charge in [0.1, 0.15) is 0 Å². The molecule has 12 heavy (non-hydrogen) atoms. The highest BCUT2D eigenvalue weighted by Gasteiger charge is 2.10. The van der Waals surface area contributed by atoms with E-state index in [2.05, 4.69) is 20.9 Å². The molecule has 1 amide bonds. The molecule has 0 N–H and O–H groups in total. The van der Waals surface area contributed by atoms with E-state index in [4.69, 9.17) is 0 Å². The van der Waals surface area contributed by atoms with Gasteiger partial charge in [0.15, 0.2) is 0 Å². The second-order valence-corrected chi connectivity index (χ2v) is 3.41. The van der Waals surface area contributed by atoms with Gasteiger partial charge < -0.3 is 4.90 Å². The van der Waals surface area contributed by atoms with Gasteiger partial charge in [0.05, 0.1) is 5.56 Å². The summed E-state index contributed by atoms with van der Waals surface area (Å²) in [4.78, 5) is 16.8. The van der Waals surface area contributed by atoms with Gasteiger partial charge in [-0.3, -0.25) is 9.78 Å². The second kappa shape index (κ2) is 3.67. The molecule has 1 rings (SSSR count). The quantitative estimate of drug-likeness (QED) is 0.731. The fraction of sp³-hybridized carbons (Fsp3) is 0.250. The van der Waals surface area contributed by atoms with E-state index in [0.29, 0.717) is 5.56 Å². The Hall–Kier alpha value is -0.900. The number of carbonyl (C=O) groups is 1. The molecule has 0 aliphatic carbocycles. The largest absolute Gasteiger partial charge is 0.345 e. The lowest BCUT2D eigenvalue weighted by Crippen LogP contribution is -2.22. The number of rotatable bonds is 1. The lowest BCUT2D eigenvalue weighted by Gasteiger charge is -2.10. The standard InChI is InChI=1S/C8H9BrN2O/c1-11(2)8(12)6-5-10-4-3-7(6)9/h3-5H,1-2H3. The summed E-state index contributed by atoms with van der Waals surface area (Å²) in [6.07, 6.45) is 3.18. The fourth-order valence-electron chi connectivity index (χ4n) is 0.776. The summed E-state index contributed by atoms with van der Waals surface area (Å²) in [5.74, 6) is -0.0463. The molecular formula is C8H9BrN2O. The zero-order valence-electron chi connectivity index (χ0n) is 6.91. The highest BCUT2D eigenvalue weighted by Crippen LogP contribution is 2.15. The van der Waals surface area contributed by atoms with Crippen LogP contribution in [-0.4, -0.2) is 29.9 Å². The number of halogens is 1. The van der Waals surface area contributed by atoms with E-state index in [1.807, 2.05) is 0 Å². The molecule has 0 unspecified atom stereocenters. The van der Waals surface area contributed by atoms with Gasteiger partial charge in [-0.15, -0.1) is 0 Å². The van der Waals surface area contributed by atoms with Gasteiger partial charge in [0, 0.05) is 31.0 Å². The first-order valence-corrected chi connectivity index (χ1v) is 4.23. The molecular weight excluding hydrogens is 220 g/mol. The van der Waals surface area contributed by atoms with Crippen LogP contribution in [0.5, 0.6) is 0 Å². The van der Waals surface area contributed by atoms with Crippen LogP contribution in [0.25, 0.3) is 0 Å². The van der Waals surface area contributed by atoms with Crippen molar-refractivity contribution >= 4 is 21.8 Å². The van der Waals surface area contributed by atoms with E-state index in [1.165, 1.54) is 4.90 Å². The molecule has 0 saturated heterocycles. The first-order valence-electron chi connectivity index (χ1n) is 3.44. The minimum absolute atomic E-state index is 0.0463. The summed E-state index contributed by atoms with van der Waals surface area (Å²) in [5.41, 5.74) is 0.586. The second-order valence-electron chi connectivity index (χ2n) is 2.56. The smallest absolute Gasteiger partial charge is 0.256 e. The van der Waals surface area contributed by atoms with Gasteiger partial charge in [0.2, 0.25) is 0 Å². The molecule has 3 nitrogen and oxygen atoms in total. The molecule has 0 aliphatic heterocycles. The monoisotopic (exact) mass is 228 g/mol. The number of hydrogen-bond donors (Lipinski definition) is 0. The summed E-state index contributed by atoms with van der Waals surface area (Å²) in [5, 5.41) is 0. The Morgan fingerprint density at radius 3 is 2.75 bits per heavy atom. The molecule has 0 saturated carbocycles. The van der Waals surface area contributed by atoms with Crippen molar-refractivity contribution in [1.29, 1.82) is 0 Å². The molecule has 1 aromatic rings. The Morgan fingerprint density at radius 2 is 2.25 bits per heavy atom. The predicted molar refractivity (Wildman–Crippen MR) is 50.0 cm³/mol. The maximum atomic E-state index is 11.4. The minimum Gasteiger partial charge on any atom is -0.345 e. The normalized spacial score (nSPS) is 9.58. The van der Waals surface area contributed by atoms with Crippen LogP contribution in [0.15, 0.2) is 22.9 Å². The highest BCUT2D eigenvalue weighted by molar-refractivity contribution is 9.10. The van der Waals surface area contributed by atoms with E-state index >= 15 is 0 Å². The van der Waals surface area contributed by atoms with Crippen molar-refractivity contribution in [2.45, 2.75) is 0 Å². The molecule has 0 spiro atoms. The molecule has 64 valence electrons. The number of hydrogen-bond acceptors (Lipinski definition) is 2. The molecule has 0 fully saturated rings. The number of pyridine rings is 1. The molecule has 1 heterocycles. The van der Waals surface area contributed by atoms with Gasteiger partial charge >= 0.3 is 0 Å². The summed E-state index contributed by atoms with van der Waals surface area (Å²) in [7, 11) is 3.42. The molecule has 0 aromatic carbocycles. The zero-order chi connectivity index (χ0) is 9.14. The maximum absolute atomic E-state index is 11.4. The average Bonchev–Trinajstić information content (AvgIpc) is 2.04. The van der Waals surface area contributed by atoms with Gasteiger partial charge in [0.25, 0.3) is 5.91 Å². The third-order valence-corrected chi connectivity index (χ3v) is 2.10. The van der Waals surface area contributed by atoms with Crippen LogP contribution in [0.4, 0.5) is 0 Å². The predicted octanol–water partition coefficient (Wildman–Crippen LogP) is 1.55. The topological polar surface area (TPSA) is 33.2 Å². The highest BCUT2D eigenvalue weighted by atomic mass is 79.9. The van der Waals surface area contributed by atoms with E-state index < -0.39 is 0 Å². The Morgan fingerprint density at radius 1 is 1.58 bits per heavy atom. The summed E-state index contributed by atoms with van der Waals surface area (Å²) < 4.78 is 0.774. The molecule has 0 bridgehead atoms. The van der Waals surface area contributed by atoms with Gasteiger partial charge in [-0.2, -0.15) is 0 Å². The molecule has 4 heteroatoms. The minimum atomic E-state index is -0.0463. The van der Waals surface area contributed by atoms with Crippen LogP contribution in [0.3, 0.4) is 0 Å². The van der Waals surface area contributed by atoms with Gasteiger partial charge in [-0.25, -0.2) is 0 Å². The molecule has 0 aliphatic rings. The molecule has 0 radical (unpaired) electrons. The van der Waals surface area contributed by atoms with Gasteiger partial charge in [-0.05, 0) is 22.0 Å². The van der Waals surface area contributed by atoms with Crippen LogP contribution < -0.4 is 0 Å². The van der Waals surface area contributed by atoms with Gasteiger partial charge in [-0.1, -0.05) is 0 Å². The zero-order valence-corrected chi connectivity index (χ0v) is 8.50. The van der Waals surface area contributed by atoms with Crippen molar-refractivity contribution in [1.82, 2.24) is 9.88 Å². The van der Waals surface area contributed by atoms with E-state index in [1.54, 1.807) is 32.6 Å². The van der Waals surface area contributed by atoms with Crippen LogP contribution >= 0.6 is 15.9 Å². The summed E-state index contributed by atoms with van der Waals surface area (Å²) in [6, 6.07) is 1.75. The van der Waals surface area contributed by atoms with E-state index in [-0.39, 0.29) is 5.91 Å². The first kappa shape index (κ1) is 9.19. The number of aromatic nitrogens is 1. The fourth-order valence-corrected chi connectivity index (χ4v) is 1.17. The van der Waals surface area contributed by atoms with E-state index in [9.17, 15) is 4.79 Å². The third-order valence-electron chi connectivity index (χ3n) is 1.40. The Labute approximate surface area is 79.5 Å². The SMILES string of the molecule is CN(C)C(=O)c1cnccc1Br. The van der Waals surface area contributed by atoms with Crippen LogP contribution in [0, 0.1) is 0 Å². The van der Waals surface area contributed by atoms with Crippen molar-refractivity contribution < 1.29 is 4.79 Å². The summed E-state index contributed by atoms with van der Waals surface area (Å²) in [6.45, 7) is 0. The Kier molecular flexibility index (Phi) is 2.81. The van der Waals surface area contributed by atoms with Crippen LogP contribution in [0.1, 0.15) is 10.4 Å². The Balaban J connectivity index is 3.03. The summed E-state index contributed by atoms with van der Waals surface area (Å²) >= 11 is 3.28. The lowest BCUT2D eigenvalue weighted by molar-refractivity contribution is 0.0826. The first-order chi connectivity index (χ1) is 5.63. The van der Waals surface area contributed by atoms with Crippen molar-refractivity contribution in [2.24, 2.45) is 0 Å². The average molecular weight is 229 g/mol. The maximum Gasteiger partial charge on any atom is 0.256 e. The molecule has 1 aromatic heterocycles. The molecule has 0 atom stereocenters. The van der Waals surface area contributed by atoms with Crippen LogP contribution in [0.2, 0.25) is 0 Å². The third kappa shape index (κ3) is 1.82. The van der Waals surface area contributed by atoms with Crippen molar-refractivity contribution in [3.8, 4) is 0 Å². The number of nitrogens with zero attached hydrogens (tertiary/aromatic N) is 2. The number of carbonyl (C=O) groups excluding carboxylic acids is 1.